The molecule has 0 atom stereocenters. The van der Waals surface area contributed by atoms with Gasteiger partial charge in [0.15, 0.2) is 0 Å². The van der Waals surface area contributed by atoms with Gasteiger partial charge in [0.25, 0.3) is 0 Å². The van der Waals surface area contributed by atoms with Crippen LogP contribution in [0.2, 0.25) is 0 Å². The van der Waals surface area contributed by atoms with E-state index in [-0.39, 0.29) is 5.91 Å². The fraction of sp³-hybridized carbons (Fsp3) is 0.500. The minimum atomic E-state index is -0.430. The standard InChI is InChI=1S/C18H26N4OS/c1-8-11(3)21-22-17-19-13-9-10(2)14(12(4)15(13)24-17)20-16(23)18(5,6)7/h9H,8H2,1-7H3,(H,19,22)(H,20,23)/b21-11-. The van der Waals surface area contributed by atoms with Crippen LogP contribution in [0.15, 0.2) is 11.2 Å². The molecule has 2 rings (SSSR count). The highest BCUT2D eigenvalue weighted by molar-refractivity contribution is 7.22. The maximum Gasteiger partial charge on any atom is 0.229 e. The number of benzene rings is 1. The third kappa shape index (κ3) is 3.93. The van der Waals surface area contributed by atoms with E-state index in [1.165, 1.54) is 0 Å². The number of carbonyl (C=O) groups is 1. The second-order valence-electron chi connectivity index (χ2n) is 7.08. The van der Waals surface area contributed by atoms with Crippen LogP contribution in [0, 0.1) is 19.3 Å². The second-order valence-corrected chi connectivity index (χ2v) is 8.08. The van der Waals surface area contributed by atoms with Gasteiger partial charge < -0.3 is 5.32 Å². The summed E-state index contributed by atoms with van der Waals surface area (Å²) in [5.41, 5.74) is 7.49. The van der Waals surface area contributed by atoms with Crippen molar-refractivity contribution >= 4 is 44.0 Å². The van der Waals surface area contributed by atoms with Crippen LogP contribution in [0.5, 0.6) is 0 Å². The van der Waals surface area contributed by atoms with Gasteiger partial charge in [-0.25, -0.2) is 4.98 Å². The fourth-order valence-corrected chi connectivity index (χ4v) is 3.04. The molecule has 0 spiro atoms. The molecule has 5 nitrogen and oxygen atoms in total. The van der Waals surface area contributed by atoms with Crippen molar-refractivity contribution in [3.05, 3.63) is 17.2 Å². The van der Waals surface area contributed by atoms with Crippen molar-refractivity contribution in [1.29, 1.82) is 0 Å². The Kier molecular flexibility index (Phi) is 5.28. The number of carbonyl (C=O) groups excluding carboxylic acids is 1. The van der Waals surface area contributed by atoms with Gasteiger partial charge in [0, 0.05) is 16.8 Å². The van der Waals surface area contributed by atoms with Crippen LogP contribution < -0.4 is 10.7 Å². The van der Waals surface area contributed by atoms with E-state index in [2.05, 4.69) is 27.8 Å². The Morgan fingerprint density at radius 1 is 1.33 bits per heavy atom. The van der Waals surface area contributed by atoms with E-state index in [0.29, 0.717) is 0 Å². The maximum atomic E-state index is 12.3. The summed E-state index contributed by atoms with van der Waals surface area (Å²) in [7, 11) is 0. The molecule has 2 aromatic rings. The maximum absolute atomic E-state index is 12.3. The monoisotopic (exact) mass is 346 g/mol. The van der Waals surface area contributed by atoms with Gasteiger partial charge in [0.05, 0.1) is 10.2 Å². The quantitative estimate of drug-likeness (QED) is 0.598. The number of anilines is 2. The van der Waals surface area contributed by atoms with Gasteiger partial charge in [-0.15, -0.1) is 0 Å². The molecule has 0 saturated carbocycles. The van der Waals surface area contributed by atoms with Gasteiger partial charge in [0.1, 0.15) is 0 Å². The third-order valence-corrected chi connectivity index (χ3v) is 4.99. The summed E-state index contributed by atoms with van der Waals surface area (Å²) in [5, 5.41) is 8.14. The van der Waals surface area contributed by atoms with Gasteiger partial charge in [0.2, 0.25) is 11.0 Å². The third-order valence-electron chi connectivity index (χ3n) is 3.89. The van der Waals surface area contributed by atoms with Crippen molar-refractivity contribution in [3.8, 4) is 0 Å². The number of nitrogens with zero attached hydrogens (tertiary/aromatic N) is 2. The van der Waals surface area contributed by atoms with Crippen molar-refractivity contribution in [3.63, 3.8) is 0 Å². The number of hydrogen-bond donors (Lipinski definition) is 2. The molecule has 0 unspecified atom stereocenters. The lowest BCUT2D eigenvalue weighted by atomic mass is 9.95. The molecule has 130 valence electrons. The zero-order valence-corrected chi connectivity index (χ0v) is 16.3. The molecule has 0 saturated heterocycles. The van der Waals surface area contributed by atoms with Crippen LogP contribution in [0.4, 0.5) is 10.8 Å². The molecule has 1 aromatic heterocycles. The fourth-order valence-electron chi connectivity index (χ4n) is 2.15. The van der Waals surface area contributed by atoms with E-state index in [4.69, 9.17) is 0 Å². The number of rotatable bonds is 4. The molecule has 24 heavy (non-hydrogen) atoms. The number of nitrogens with one attached hydrogen (secondary N) is 2. The summed E-state index contributed by atoms with van der Waals surface area (Å²) >= 11 is 1.55. The highest BCUT2D eigenvalue weighted by Crippen LogP contribution is 2.35. The highest BCUT2D eigenvalue weighted by atomic mass is 32.1. The normalized spacial score (nSPS) is 12.5. The first-order valence-corrected chi connectivity index (χ1v) is 8.96. The van der Waals surface area contributed by atoms with E-state index in [0.717, 1.165) is 44.3 Å². The van der Waals surface area contributed by atoms with Gasteiger partial charge >= 0.3 is 0 Å². The van der Waals surface area contributed by atoms with Gasteiger partial charge in [-0.2, -0.15) is 5.10 Å². The van der Waals surface area contributed by atoms with Gasteiger partial charge in [-0.3, -0.25) is 10.2 Å². The van der Waals surface area contributed by atoms with Gasteiger partial charge in [-0.05, 0) is 44.4 Å². The van der Waals surface area contributed by atoms with Crippen LogP contribution in [0.1, 0.15) is 52.2 Å². The Bertz CT molecular complexity index is 799. The summed E-state index contributed by atoms with van der Waals surface area (Å²) in [4.78, 5) is 16.9. The van der Waals surface area contributed by atoms with Crippen molar-refractivity contribution in [2.24, 2.45) is 10.5 Å². The van der Waals surface area contributed by atoms with Crippen LogP contribution in [-0.2, 0) is 4.79 Å². The molecule has 0 aliphatic carbocycles. The number of hydrazone groups is 1. The number of fused-ring (bicyclic) bond motifs is 1. The molecule has 1 amide bonds. The Morgan fingerprint density at radius 3 is 2.58 bits per heavy atom. The Labute approximate surface area is 147 Å². The van der Waals surface area contributed by atoms with Crippen LogP contribution >= 0.6 is 11.3 Å². The SMILES string of the molecule is CC/C(C)=N\Nc1nc2cc(C)c(NC(=O)C(C)(C)C)c(C)c2s1. The molecule has 2 N–H and O–H groups in total. The Balaban J connectivity index is 2.40. The minimum absolute atomic E-state index is 0.0130. The smallest absolute Gasteiger partial charge is 0.229 e. The Morgan fingerprint density at radius 2 is 2.00 bits per heavy atom. The second kappa shape index (κ2) is 6.89. The lowest BCUT2D eigenvalue weighted by Crippen LogP contribution is -2.28. The molecular weight excluding hydrogens is 320 g/mol. The topological polar surface area (TPSA) is 66.4 Å². The van der Waals surface area contributed by atoms with Crippen LogP contribution in [0.25, 0.3) is 10.2 Å². The van der Waals surface area contributed by atoms with Crippen molar-refractivity contribution < 1.29 is 4.79 Å². The molecule has 1 aromatic carbocycles. The predicted octanol–water partition coefficient (Wildman–Crippen LogP) is 5.10. The Hall–Kier alpha value is -1.95. The number of thiazole rings is 1. The van der Waals surface area contributed by atoms with Crippen molar-refractivity contribution in [2.45, 2.75) is 54.9 Å². The summed E-state index contributed by atoms with van der Waals surface area (Å²) in [6.07, 6.45) is 0.902. The zero-order valence-electron chi connectivity index (χ0n) is 15.5. The summed E-state index contributed by atoms with van der Waals surface area (Å²) in [6.45, 7) is 13.8. The molecule has 6 heteroatoms. The summed E-state index contributed by atoms with van der Waals surface area (Å²) in [6, 6.07) is 2.01. The minimum Gasteiger partial charge on any atom is -0.325 e. The molecule has 0 radical (unpaired) electrons. The average molecular weight is 347 g/mol. The van der Waals surface area contributed by atoms with Crippen LogP contribution in [0.3, 0.4) is 0 Å². The van der Waals surface area contributed by atoms with E-state index in [9.17, 15) is 4.79 Å². The molecule has 0 aliphatic rings. The van der Waals surface area contributed by atoms with Crippen LogP contribution in [-0.4, -0.2) is 16.6 Å². The molecule has 0 aliphatic heterocycles. The molecule has 0 fully saturated rings. The summed E-state index contributed by atoms with van der Waals surface area (Å²) < 4.78 is 1.07. The van der Waals surface area contributed by atoms with Crippen molar-refractivity contribution in [2.75, 3.05) is 10.7 Å². The molecule has 0 bridgehead atoms. The number of aromatic nitrogens is 1. The predicted molar refractivity (Wildman–Crippen MR) is 104 cm³/mol. The summed E-state index contributed by atoms with van der Waals surface area (Å²) in [5.74, 6) is 0.0130. The first-order chi connectivity index (χ1) is 11.1. The van der Waals surface area contributed by atoms with E-state index in [1.807, 2.05) is 47.6 Å². The largest absolute Gasteiger partial charge is 0.325 e. The van der Waals surface area contributed by atoms with E-state index in [1.54, 1.807) is 11.3 Å². The number of amides is 1. The lowest BCUT2D eigenvalue weighted by molar-refractivity contribution is -0.123. The van der Waals surface area contributed by atoms with Crippen molar-refractivity contribution in [1.82, 2.24) is 4.98 Å². The van der Waals surface area contributed by atoms with E-state index >= 15 is 0 Å². The average Bonchev–Trinajstić information content (AvgIpc) is 2.90. The zero-order chi connectivity index (χ0) is 18.1. The number of hydrogen-bond acceptors (Lipinski definition) is 5. The molecule has 1 heterocycles. The van der Waals surface area contributed by atoms with E-state index < -0.39 is 5.41 Å². The number of aryl methyl sites for hydroxylation is 2. The van der Waals surface area contributed by atoms with Gasteiger partial charge in [-0.1, -0.05) is 39.0 Å². The first-order valence-electron chi connectivity index (χ1n) is 8.14. The first kappa shape index (κ1) is 18.4. The highest BCUT2D eigenvalue weighted by Gasteiger charge is 2.23. The lowest BCUT2D eigenvalue weighted by Gasteiger charge is -2.20. The molecular formula is C18H26N4OS.